The summed E-state index contributed by atoms with van der Waals surface area (Å²) >= 11 is 0. The van der Waals surface area contributed by atoms with Gasteiger partial charge in [-0.05, 0) is 19.1 Å². The first-order valence-corrected chi connectivity index (χ1v) is 4.52. The molecule has 1 unspecified atom stereocenters. The summed E-state index contributed by atoms with van der Waals surface area (Å²) < 4.78 is 5.18. The van der Waals surface area contributed by atoms with E-state index in [2.05, 4.69) is 0 Å². The van der Waals surface area contributed by atoms with Crippen molar-refractivity contribution in [3.05, 3.63) is 23.8 Å². The van der Waals surface area contributed by atoms with E-state index < -0.39 is 6.10 Å². The number of hydrogen-bond acceptors (Lipinski definition) is 4. The van der Waals surface area contributed by atoms with Gasteiger partial charge in [0.05, 0.1) is 12.7 Å². The van der Waals surface area contributed by atoms with Gasteiger partial charge in [-0.3, -0.25) is 0 Å². The molecule has 1 aromatic rings. The van der Waals surface area contributed by atoms with Crippen LogP contribution in [0.2, 0.25) is 0 Å². The van der Waals surface area contributed by atoms with E-state index in [-0.39, 0.29) is 12.3 Å². The lowest BCUT2D eigenvalue weighted by Crippen LogP contribution is -2.11. The summed E-state index contributed by atoms with van der Waals surface area (Å²) in [5.41, 5.74) is 5.70. The molecule has 0 heterocycles. The number of benzene rings is 1. The van der Waals surface area contributed by atoms with Crippen LogP contribution in [0.25, 0.3) is 0 Å². The van der Waals surface area contributed by atoms with Crippen LogP contribution in [-0.4, -0.2) is 23.4 Å². The summed E-state index contributed by atoms with van der Waals surface area (Å²) in [6.07, 6.45) is -0.828. The van der Waals surface area contributed by atoms with Crippen LogP contribution in [0, 0.1) is 0 Å². The van der Waals surface area contributed by atoms with Crippen molar-refractivity contribution >= 4 is 0 Å². The smallest absolute Gasteiger partial charge is 0.125 e. The molecule has 14 heavy (non-hydrogen) atoms. The quantitative estimate of drug-likeness (QED) is 0.666. The molecule has 0 aliphatic rings. The van der Waals surface area contributed by atoms with Crippen LogP contribution in [0.4, 0.5) is 0 Å². The molecule has 1 atom stereocenters. The standard InChI is InChI=1S/C10H15NO3/c1-2-14-7-3-4-8(9(12)5-7)10(13)6-11/h3-5,10,12-13H,2,6,11H2,1H3. The van der Waals surface area contributed by atoms with Gasteiger partial charge in [0.15, 0.2) is 0 Å². The normalized spacial score (nSPS) is 12.5. The molecule has 4 N–H and O–H groups in total. The largest absolute Gasteiger partial charge is 0.507 e. The lowest BCUT2D eigenvalue weighted by molar-refractivity contribution is 0.182. The molecule has 0 amide bonds. The van der Waals surface area contributed by atoms with Gasteiger partial charge < -0.3 is 20.7 Å². The number of ether oxygens (including phenoxy) is 1. The molecule has 1 rings (SSSR count). The monoisotopic (exact) mass is 197 g/mol. The van der Waals surface area contributed by atoms with Crippen molar-refractivity contribution in [3.63, 3.8) is 0 Å². The first kappa shape index (κ1) is 10.8. The van der Waals surface area contributed by atoms with Gasteiger partial charge in [0.2, 0.25) is 0 Å². The molecule has 0 aliphatic heterocycles. The van der Waals surface area contributed by atoms with E-state index in [1.165, 1.54) is 6.07 Å². The van der Waals surface area contributed by atoms with E-state index in [4.69, 9.17) is 10.5 Å². The molecule has 0 radical (unpaired) electrons. The van der Waals surface area contributed by atoms with E-state index in [1.807, 2.05) is 6.92 Å². The van der Waals surface area contributed by atoms with E-state index in [0.717, 1.165) is 0 Å². The van der Waals surface area contributed by atoms with Gasteiger partial charge in [-0.25, -0.2) is 0 Å². The van der Waals surface area contributed by atoms with Crippen LogP contribution in [0.15, 0.2) is 18.2 Å². The lowest BCUT2D eigenvalue weighted by Gasteiger charge is -2.11. The Labute approximate surface area is 82.9 Å². The molecular weight excluding hydrogens is 182 g/mol. The third kappa shape index (κ3) is 2.37. The number of aliphatic hydroxyl groups is 1. The highest BCUT2D eigenvalue weighted by Crippen LogP contribution is 2.27. The fraction of sp³-hybridized carbons (Fsp3) is 0.400. The van der Waals surface area contributed by atoms with Crippen molar-refractivity contribution in [2.24, 2.45) is 5.73 Å². The molecule has 0 saturated heterocycles. The highest BCUT2D eigenvalue weighted by Gasteiger charge is 2.10. The second kappa shape index (κ2) is 4.83. The molecule has 0 bridgehead atoms. The topological polar surface area (TPSA) is 75.7 Å². The maximum atomic E-state index is 9.52. The fourth-order valence-corrected chi connectivity index (χ4v) is 1.19. The van der Waals surface area contributed by atoms with E-state index in [1.54, 1.807) is 12.1 Å². The third-order valence-corrected chi connectivity index (χ3v) is 1.90. The summed E-state index contributed by atoms with van der Waals surface area (Å²) in [6.45, 7) is 2.49. The highest BCUT2D eigenvalue weighted by atomic mass is 16.5. The number of aliphatic hydroxyl groups excluding tert-OH is 1. The number of nitrogens with two attached hydrogens (primary N) is 1. The van der Waals surface area contributed by atoms with Gasteiger partial charge in [0.1, 0.15) is 11.5 Å². The SMILES string of the molecule is CCOc1ccc(C(O)CN)c(O)c1. The Hall–Kier alpha value is -1.26. The summed E-state index contributed by atoms with van der Waals surface area (Å²) in [5, 5.41) is 18.9. The van der Waals surface area contributed by atoms with Crippen molar-refractivity contribution < 1.29 is 14.9 Å². The second-order valence-corrected chi connectivity index (χ2v) is 2.91. The van der Waals surface area contributed by atoms with Crippen molar-refractivity contribution in [1.29, 1.82) is 0 Å². The first-order valence-electron chi connectivity index (χ1n) is 4.52. The molecule has 0 saturated carbocycles. The average Bonchev–Trinajstić information content (AvgIpc) is 2.17. The van der Waals surface area contributed by atoms with Crippen LogP contribution < -0.4 is 10.5 Å². The maximum absolute atomic E-state index is 9.52. The van der Waals surface area contributed by atoms with Gasteiger partial charge >= 0.3 is 0 Å². The molecule has 1 aromatic carbocycles. The summed E-state index contributed by atoms with van der Waals surface area (Å²) in [6, 6.07) is 4.77. The Morgan fingerprint density at radius 1 is 1.50 bits per heavy atom. The summed E-state index contributed by atoms with van der Waals surface area (Å²) in [4.78, 5) is 0. The molecule has 0 aliphatic carbocycles. The lowest BCUT2D eigenvalue weighted by atomic mass is 10.1. The van der Waals surface area contributed by atoms with Gasteiger partial charge in [-0.15, -0.1) is 0 Å². The van der Waals surface area contributed by atoms with Crippen LogP contribution in [-0.2, 0) is 0 Å². The first-order chi connectivity index (χ1) is 6.69. The van der Waals surface area contributed by atoms with Crippen molar-refractivity contribution in [3.8, 4) is 11.5 Å². The minimum absolute atomic E-state index is 0.00824. The van der Waals surface area contributed by atoms with Crippen LogP contribution in [0.3, 0.4) is 0 Å². The Morgan fingerprint density at radius 2 is 2.21 bits per heavy atom. The van der Waals surface area contributed by atoms with Crippen molar-refractivity contribution in [2.45, 2.75) is 13.0 Å². The molecule has 0 aromatic heterocycles. The van der Waals surface area contributed by atoms with E-state index in [0.29, 0.717) is 17.9 Å². The zero-order valence-corrected chi connectivity index (χ0v) is 8.10. The number of phenols is 1. The predicted octanol–water partition coefficient (Wildman–Crippen LogP) is 0.783. The fourth-order valence-electron chi connectivity index (χ4n) is 1.19. The van der Waals surface area contributed by atoms with Crippen LogP contribution >= 0.6 is 0 Å². The van der Waals surface area contributed by atoms with Gasteiger partial charge in [0, 0.05) is 18.2 Å². The molecule has 4 nitrogen and oxygen atoms in total. The highest BCUT2D eigenvalue weighted by molar-refractivity contribution is 5.40. The number of hydrogen-bond donors (Lipinski definition) is 3. The molecule has 0 spiro atoms. The Balaban J connectivity index is 2.89. The second-order valence-electron chi connectivity index (χ2n) is 2.91. The molecular formula is C10H15NO3. The predicted molar refractivity (Wildman–Crippen MR) is 53.3 cm³/mol. The Kier molecular flexibility index (Phi) is 3.73. The Bertz CT molecular complexity index is 301. The maximum Gasteiger partial charge on any atom is 0.125 e. The number of rotatable bonds is 4. The van der Waals surface area contributed by atoms with Crippen LogP contribution in [0.5, 0.6) is 11.5 Å². The molecule has 0 fully saturated rings. The van der Waals surface area contributed by atoms with Gasteiger partial charge in [-0.1, -0.05) is 0 Å². The zero-order valence-electron chi connectivity index (χ0n) is 8.10. The van der Waals surface area contributed by atoms with Crippen molar-refractivity contribution in [1.82, 2.24) is 0 Å². The summed E-state index contributed by atoms with van der Waals surface area (Å²) in [7, 11) is 0. The van der Waals surface area contributed by atoms with E-state index >= 15 is 0 Å². The minimum Gasteiger partial charge on any atom is -0.507 e. The number of aromatic hydroxyl groups is 1. The number of phenolic OH excluding ortho intramolecular Hbond substituents is 1. The van der Waals surface area contributed by atoms with Crippen LogP contribution in [0.1, 0.15) is 18.6 Å². The van der Waals surface area contributed by atoms with Gasteiger partial charge in [-0.2, -0.15) is 0 Å². The minimum atomic E-state index is -0.828. The molecule has 4 heteroatoms. The zero-order chi connectivity index (χ0) is 10.6. The van der Waals surface area contributed by atoms with Gasteiger partial charge in [0.25, 0.3) is 0 Å². The Morgan fingerprint density at radius 3 is 2.71 bits per heavy atom. The average molecular weight is 197 g/mol. The third-order valence-electron chi connectivity index (χ3n) is 1.90. The molecule has 78 valence electrons. The summed E-state index contributed by atoms with van der Waals surface area (Å²) in [5.74, 6) is 0.590. The van der Waals surface area contributed by atoms with E-state index in [9.17, 15) is 10.2 Å². The van der Waals surface area contributed by atoms with Crippen molar-refractivity contribution in [2.75, 3.05) is 13.2 Å².